The van der Waals surface area contributed by atoms with Crippen molar-refractivity contribution in [3.8, 4) is 0 Å². The largest absolute Gasteiger partial charge is 0.390 e. The number of nitrogens with one attached hydrogen (secondary N) is 1. The molecular weight excluding hydrogens is 204 g/mol. The normalized spacial score (nSPS) is 22.7. The third-order valence-corrected chi connectivity index (χ3v) is 3.31. The van der Waals surface area contributed by atoms with Gasteiger partial charge in [0.1, 0.15) is 0 Å². The molecule has 1 atom stereocenters. The number of hydrogen-bond donors (Lipinski definition) is 2. The third-order valence-electron chi connectivity index (χ3n) is 3.31. The molecule has 0 saturated heterocycles. The Bertz CT molecular complexity index is 205. The fraction of sp³-hybridized carbons (Fsp3) is 1.00. The average molecular weight is 228 g/mol. The molecule has 2 aliphatic rings. The van der Waals surface area contributed by atoms with Gasteiger partial charge in [-0.3, -0.25) is 4.90 Å². The van der Waals surface area contributed by atoms with Crippen molar-refractivity contribution in [2.24, 2.45) is 0 Å². The smallest absolute Gasteiger partial charge is 0.0791 e. The second-order valence-electron chi connectivity index (χ2n) is 5.06. The summed E-state index contributed by atoms with van der Waals surface area (Å²) in [6.45, 7) is 3.23. The molecule has 1 unspecified atom stereocenters. The van der Waals surface area contributed by atoms with Crippen LogP contribution in [0.1, 0.15) is 25.7 Å². The zero-order valence-corrected chi connectivity index (χ0v) is 10.2. The monoisotopic (exact) mass is 228 g/mol. The highest BCUT2D eigenvalue weighted by molar-refractivity contribution is 4.87. The van der Waals surface area contributed by atoms with E-state index in [9.17, 15) is 5.11 Å². The maximum Gasteiger partial charge on any atom is 0.0791 e. The molecule has 0 radical (unpaired) electrons. The quantitative estimate of drug-likeness (QED) is 0.592. The Kier molecular flexibility index (Phi) is 4.58. The van der Waals surface area contributed by atoms with Crippen LogP contribution in [-0.2, 0) is 4.74 Å². The van der Waals surface area contributed by atoms with E-state index < -0.39 is 0 Å². The maximum atomic E-state index is 9.93. The lowest BCUT2D eigenvalue weighted by atomic mass is 10.3. The number of nitrogens with zero attached hydrogens (tertiary/aromatic N) is 1. The highest BCUT2D eigenvalue weighted by atomic mass is 16.5. The molecule has 0 spiro atoms. The molecule has 2 saturated carbocycles. The molecule has 0 aromatic rings. The van der Waals surface area contributed by atoms with E-state index in [-0.39, 0.29) is 6.10 Å². The molecule has 0 heterocycles. The van der Waals surface area contributed by atoms with Crippen molar-refractivity contribution in [1.82, 2.24) is 10.2 Å². The van der Waals surface area contributed by atoms with Crippen LogP contribution in [-0.4, -0.2) is 61.5 Å². The van der Waals surface area contributed by atoms with Gasteiger partial charge >= 0.3 is 0 Å². The van der Waals surface area contributed by atoms with Gasteiger partial charge in [-0.15, -0.1) is 0 Å². The van der Waals surface area contributed by atoms with Crippen LogP contribution < -0.4 is 5.32 Å². The molecule has 2 fully saturated rings. The van der Waals surface area contributed by atoms with Gasteiger partial charge in [0.15, 0.2) is 0 Å². The molecule has 0 aromatic carbocycles. The van der Waals surface area contributed by atoms with Crippen LogP contribution in [0.2, 0.25) is 0 Å². The minimum atomic E-state index is -0.238. The van der Waals surface area contributed by atoms with Crippen molar-refractivity contribution in [1.29, 1.82) is 0 Å². The van der Waals surface area contributed by atoms with E-state index >= 15 is 0 Å². The van der Waals surface area contributed by atoms with Gasteiger partial charge in [0.2, 0.25) is 0 Å². The summed E-state index contributed by atoms with van der Waals surface area (Å²) in [5.41, 5.74) is 0. The second kappa shape index (κ2) is 5.96. The summed E-state index contributed by atoms with van der Waals surface area (Å²) in [6, 6.07) is 1.38. The topological polar surface area (TPSA) is 44.7 Å². The number of rotatable bonds is 9. The molecule has 0 bridgehead atoms. The molecule has 0 amide bonds. The number of aliphatic hydroxyl groups is 1. The van der Waals surface area contributed by atoms with Crippen LogP contribution in [0.4, 0.5) is 0 Å². The number of hydrogen-bond acceptors (Lipinski definition) is 4. The van der Waals surface area contributed by atoms with Crippen LogP contribution >= 0.6 is 0 Å². The van der Waals surface area contributed by atoms with E-state index in [1.807, 2.05) is 0 Å². The van der Waals surface area contributed by atoms with Crippen molar-refractivity contribution < 1.29 is 9.84 Å². The predicted octanol–water partition coefficient (Wildman–Crippen LogP) is 0.210. The van der Waals surface area contributed by atoms with Gasteiger partial charge in [0.25, 0.3) is 0 Å². The van der Waals surface area contributed by atoms with Gasteiger partial charge in [0.05, 0.1) is 12.7 Å². The maximum absolute atomic E-state index is 9.93. The SMILES string of the molecule is COCCN(CC(O)CNC1CC1)C1CC1. The van der Waals surface area contributed by atoms with E-state index in [1.54, 1.807) is 7.11 Å². The number of methoxy groups -OCH3 is 1. The minimum Gasteiger partial charge on any atom is -0.390 e. The lowest BCUT2D eigenvalue weighted by Gasteiger charge is -2.24. The van der Waals surface area contributed by atoms with E-state index in [0.717, 1.165) is 26.2 Å². The Morgan fingerprint density at radius 1 is 1.38 bits per heavy atom. The van der Waals surface area contributed by atoms with Crippen molar-refractivity contribution in [2.75, 3.05) is 33.4 Å². The summed E-state index contributed by atoms with van der Waals surface area (Å²) in [4.78, 5) is 2.36. The van der Waals surface area contributed by atoms with Gasteiger partial charge in [-0.05, 0) is 25.7 Å². The molecule has 4 nitrogen and oxygen atoms in total. The predicted molar refractivity (Wildman–Crippen MR) is 63.5 cm³/mol. The van der Waals surface area contributed by atoms with Crippen LogP contribution in [0, 0.1) is 0 Å². The molecule has 94 valence electrons. The van der Waals surface area contributed by atoms with Gasteiger partial charge < -0.3 is 15.2 Å². The van der Waals surface area contributed by atoms with E-state index in [0.29, 0.717) is 12.1 Å². The fourth-order valence-corrected chi connectivity index (χ4v) is 2.00. The zero-order chi connectivity index (χ0) is 11.4. The summed E-state index contributed by atoms with van der Waals surface area (Å²) in [5.74, 6) is 0. The first-order valence-corrected chi connectivity index (χ1v) is 6.44. The van der Waals surface area contributed by atoms with E-state index in [4.69, 9.17) is 4.74 Å². The molecule has 0 aromatic heterocycles. The summed E-state index contributed by atoms with van der Waals surface area (Å²) >= 11 is 0. The molecule has 16 heavy (non-hydrogen) atoms. The average Bonchev–Trinajstić information content (AvgIpc) is 3.15. The molecule has 4 heteroatoms. The summed E-state index contributed by atoms with van der Waals surface area (Å²) < 4.78 is 5.10. The molecule has 2 aliphatic carbocycles. The van der Waals surface area contributed by atoms with Crippen LogP contribution in [0.5, 0.6) is 0 Å². The van der Waals surface area contributed by atoms with Gasteiger partial charge in [0, 0.05) is 38.8 Å². The van der Waals surface area contributed by atoms with Gasteiger partial charge in [-0.1, -0.05) is 0 Å². The molecular formula is C12H24N2O2. The van der Waals surface area contributed by atoms with E-state index in [2.05, 4.69) is 10.2 Å². The fourth-order valence-electron chi connectivity index (χ4n) is 2.00. The Hall–Kier alpha value is -0.160. The molecule has 2 rings (SSSR count). The molecule has 0 aliphatic heterocycles. The molecule has 2 N–H and O–H groups in total. The van der Waals surface area contributed by atoms with Gasteiger partial charge in [-0.2, -0.15) is 0 Å². The Morgan fingerprint density at radius 2 is 2.12 bits per heavy atom. The van der Waals surface area contributed by atoms with Crippen LogP contribution in [0.3, 0.4) is 0 Å². The zero-order valence-electron chi connectivity index (χ0n) is 10.2. The van der Waals surface area contributed by atoms with Crippen molar-refractivity contribution >= 4 is 0 Å². The van der Waals surface area contributed by atoms with Crippen molar-refractivity contribution in [3.05, 3.63) is 0 Å². The van der Waals surface area contributed by atoms with Crippen LogP contribution in [0.25, 0.3) is 0 Å². The first kappa shape index (κ1) is 12.3. The Labute approximate surface area is 98.0 Å². The lowest BCUT2D eigenvalue weighted by Crippen LogP contribution is -2.41. The Morgan fingerprint density at radius 3 is 2.69 bits per heavy atom. The highest BCUT2D eigenvalue weighted by Gasteiger charge is 2.30. The first-order valence-electron chi connectivity index (χ1n) is 6.44. The lowest BCUT2D eigenvalue weighted by molar-refractivity contribution is 0.0840. The van der Waals surface area contributed by atoms with Crippen molar-refractivity contribution in [2.45, 2.75) is 43.9 Å². The first-order chi connectivity index (χ1) is 7.79. The highest BCUT2D eigenvalue weighted by Crippen LogP contribution is 2.26. The summed E-state index contributed by atoms with van der Waals surface area (Å²) in [6.07, 6.45) is 4.89. The van der Waals surface area contributed by atoms with E-state index in [1.165, 1.54) is 25.7 Å². The van der Waals surface area contributed by atoms with Gasteiger partial charge in [-0.25, -0.2) is 0 Å². The van der Waals surface area contributed by atoms with Crippen LogP contribution in [0.15, 0.2) is 0 Å². The minimum absolute atomic E-state index is 0.238. The summed E-state index contributed by atoms with van der Waals surface area (Å²) in [7, 11) is 1.73. The standard InChI is InChI=1S/C12H24N2O2/c1-16-7-6-14(11-4-5-11)9-12(15)8-13-10-2-3-10/h10-13,15H,2-9H2,1H3. The van der Waals surface area contributed by atoms with Crippen molar-refractivity contribution in [3.63, 3.8) is 0 Å². The third kappa shape index (κ3) is 4.37. The number of ether oxygens (including phenoxy) is 1. The Balaban J connectivity index is 1.62. The second-order valence-corrected chi connectivity index (χ2v) is 5.06. The summed E-state index contributed by atoms with van der Waals surface area (Å²) in [5, 5.41) is 13.3. The number of aliphatic hydroxyl groups excluding tert-OH is 1.